The standard InChI is InChI=1S/C17H14O4S/c1-9(2)15-14(18)11-6-7-12(10(3)16(11)21-15)20-17(19)13-5-4-8-22-13/h4-8H,1-3H3. The number of esters is 1. The van der Waals surface area contributed by atoms with Crippen molar-refractivity contribution in [2.45, 2.75) is 20.8 Å². The predicted molar refractivity (Wildman–Crippen MR) is 83.8 cm³/mol. The van der Waals surface area contributed by atoms with Crippen molar-refractivity contribution in [3.05, 3.63) is 57.0 Å². The van der Waals surface area contributed by atoms with Crippen molar-refractivity contribution in [3.8, 4) is 11.5 Å². The fraction of sp³-hybridized carbons (Fsp3) is 0.176. The number of allylic oxidation sites excluding steroid dienone is 2. The first-order chi connectivity index (χ1) is 10.5. The zero-order valence-corrected chi connectivity index (χ0v) is 13.2. The maximum Gasteiger partial charge on any atom is 0.353 e. The largest absolute Gasteiger partial charge is 0.452 e. The van der Waals surface area contributed by atoms with Gasteiger partial charge in [0.2, 0.25) is 5.78 Å². The van der Waals surface area contributed by atoms with Gasteiger partial charge in [0.25, 0.3) is 0 Å². The predicted octanol–water partition coefficient (Wildman–Crippen LogP) is 4.14. The summed E-state index contributed by atoms with van der Waals surface area (Å²) in [6.45, 7) is 5.43. The first kappa shape index (κ1) is 14.5. The topological polar surface area (TPSA) is 52.6 Å². The molecule has 3 rings (SSSR count). The Kier molecular flexibility index (Phi) is 3.58. The van der Waals surface area contributed by atoms with Crippen LogP contribution in [0.15, 0.2) is 41.0 Å². The highest BCUT2D eigenvalue weighted by atomic mass is 32.1. The van der Waals surface area contributed by atoms with Crippen molar-refractivity contribution in [2.24, 2.45) is 0 Å². The quantitative estimate of drug-likeness (QED) is 0.475. The Bertz CT molecular complexity index is 796. The molecule has 0 fully saturated rings. The Hall–Kier alpha value is -2.40. The average molecular weight is 314 g/mol. The highest BCUT2D eigenvalue weighted by Crippen LogP contribution is 2.39. The number of fused-ring (bicyclic) bond motifs is 1. The SMILES string of the molecule is CC(C)=C1Oc2c(ccc(OC(=O)c3cccs3)c2C)C1=O. The fourth-order valence-corrected chi connectivity index (χ4v) is 2.84. The average Bonchev–Trinajstić information content (AvgIpc) is 3.10. The molecule has 1 aliphatic heterocycles. The molecule has 0 amide bonds. The molecule has 0 unspecified atom stereocenters. The van der Waals surface area contributed by atoms with Gasteiger partial charge in [-0.25, -0.2) is 4.79 Å². The van der Waals surface area contributed by atoms with E-state index in [2.05, 4.69) is 0 Å². The molecule has 22 heavy (non-hydrogen) atoms. The Morgan fingerprint density at radius 2 is 2.00 bits per heavy atom. The van der Waals surface area contributed by atoms with Gasteiger partial charge in [-0.15, -0.1) is 11.3 Å². The lowest BCUT2D eigenvalue weighted by atomic mass is 10.1. The van der Waals surface area contributed by atoms with E-state index in [1.165, 1.54) is 11.3 Å². The third-order valence-corrected chi connectivity index (χ3v) is 4.24. The summed E-state index contributed by atoms with van der Waals surface area (Å²) in [5, 5.41) is 1.81. The molecule has 0 atom stereocenters. The van der Waals surface area contributed by atoms with Crippen LogP contribution < -0.4 is 9.47 Å². The van der Waals surface area contributed by atoms with Crippen LogP contribution in [-0.4, -0.2) is 11.8 Å². The smallest absolute Gasteiger partial charge is 0.353 e. The van der Waals surface area contributed by atoms with Gasteiger partial charge in [0.1, 0.15) is 16.4 Å². The number of rotatable bonds is 2. The fourth-order valence-electron chi connectivity index (χ4n) is 2.24. The van der Waals surface area contributed by atoms with Crippen LogP contribution in [0.25, 0.3) is 0 Å². The minimum absolute atomic E-state index is 0.130. The third-order valence-electron chi connectivity index (χ3n) is 3.39. The van der Waals surface area contributed by atoms with Crippen LogP contribution >= 0.6 is 11.3 Å². The molecule has 0 bridgehead atoms. The molecule has 4 nitrogen and oxygen atoms in total. The highest BCUT2D eigenvalue weighted by molar-refractivity contribution is 7.12. The summed E-state index contributed by atoms with van der Waals surface area (Å²) in [7, 11) is 0. The van der Waals surface area contributed by atoms with E-state index in [0.717, 1.165) is 5.57 Å². The van der Waals surface area contributed by atoms with E-state index in [0.29, 0.717) is 33.3 Å². The molecule has 1 aromatic heterocycles. The number of carbonyl (C=O) groups is 2. The summed E-state index contributed by atoms with van der Waals surface area (Å²) >= 11 is 1.32. The lowest BCUT2D eigenvalue weighted by Gasteiger charge is -2.09. The maximum absolute atomic E-state index is 12.2. The lowest BCUT2D eigenvalue weighted by Crippen LogP contribution is -2.07. The van der Waals surface area contributed by atoms with E-state index in [4.69, 9.17) is 9.47 Å². The number of benzene rings is 1. The van der Waals surface area contributed by atoms with E-state index in [1.807, 2.05) is 19.2 Å². The van der Waals surface area contributed by atoms with Crippen molar-refractivity contribution in [3.63, 3.8) is 0 Å². The number of carbonyl (C=O) groups excluding carboxylic acids is 2. The second kappa shape index (κ2) is 5.42. The number of hydrogen-bond donors (Lipinski definition) is 0. The third kappa shape index (κ3) is 2.33. The van der Waals surface area contributed by atoms with Crippen molar-refractivity contribution >= 4 is 23.1 Å². The molecular formula is C17H14O4S. The van der Waals surface area contributed by atoms with Gasteiger partial charge in [0, 0.05) is 5.56 Å². The summed E-state index contributed by atoms with van der Waals surface area (Å²) < 4.78 is 11.1. The van der Waals surface area contributed by atoms with E-state index >= 15 is 0 Å². The number of Topliss-reactive ketones (excluding diaryl/α,β-unsaturated/α-hetero) is 1. The van der Waals surface area contributed by atoms with Crippen LogP contribution in [0.4, 0.5) is 0 Å². The first-order valence-corrected chi connectivity index (χ1v) is 7.66. The van der Waals surface area contributed by atoms with Crippen molar-refractivity contribution in [2.75, 3.05) is 0 Å². The number of ether oxygens (including phenoxy) is 2. The van der Waals surface area contributed by atoms with Crippen molar-refractivity contribution in [1.29, 1.82) is 0 Å². The molecule has 0 N–H and O–H groups in total. The minimum Gasteiger partial charge on any atom is -0.452 e. The van der Waals surface area contributed by atoms with Gasteiger partial charge in [0.05, 0.1) is 5.56 Å². The normalized spacial score (nSPS) is 12.9. The molecule has 2 aromatic rings. The summed E-state index contributed by atoms with van der Waals surface area (Å²) in [6, 6.07) is 6.77. The van der Waals surface area contributed by atoms with Gasteiger partial charge in [0.15, 0.2) is 5.76 Å². The van der Waals surface area contributed by atoms with Gasteiger partial charge in [-0.05, 0) is 49.9 Å². The summed E-state index contributed by atoms with van der Waals surface area (Å²) in [5.74, 6) is 0.677. The van der Waals surface area contributed by atoms with E-state index in [9.17, 15) is 9.59 Å². The Balaban J connectivity index is 1.95. The molecule has 1 aliphatic rings. The number of hydrogen-bond acceptors (Lipinski definition) is 5. The lowest BCUT2D eigenvalue weighted by molar-refractivity contribution is 0.0738. The molecule has 0 radical (unpaired) electrons. The van der Waals surface area contributed by atoms with Gasteiger partial charge in [-0.2, -0.15) is 0 Å². The second-order valence-corrected chi connectivity index (χ2v) is 6.14. The summed E-state index contributed by atoms with van der Waals surface area (Å²) in [4.78, 5) is 24.8. The molecule has 2 heterocycles. The molecule has 112 valence electrons. The van der Waals surface area contributed by atoms with Gasteiger partial charge in [-0.1, -0.05) is 6.07 Å². The van der Waals surface area contributed by atoms with Gasteiger partial charge >= 0.3 is 5.97 Å². The van der Waals surface area contributed by atoms with Crippen LogP contribution in [0.2, 0.25) is 0 Å². The molecule has 0 spiro atoms. The van der Waals surface area contributed by atoms with E-state index < -0.39 is 5.97 Å². The Morgan fingerprint density at radius 1 is 1.23 bits per heavy atom. The van der Waals surface area contributed by atoms with Gasteiger partial charge in [-0.3, -0.25) is 4.79 Å². The molecule has 0 aliphatic carbocycles. The zero-order chi connectivity index (χ0) is 15.9. The van der Waals surface area contributed by atoms with Crippen LogP contribution in [0.1, 0.15) is 39.4 Å². The molecule has 5 heteroatoms. The number of thiophene rings is 1. The van der Waals surface area contributed by atoms with E-state index in [-0.39, 0.29) is 5.78 Å². The van der Waals surface area contributed by atoms with Crippen LogP contribution in [0, 0.1) is 6.92 Å². The van der Waals surface area contributed by atoms with Gasteiger partial charge < -0.3 is 9.47 Å². The maximum atomic E-state index is 12.2. The monoisotopic (exact) mass is 314 g/mol. The first-order valence-electron chi connectivity index (χ1n) is 6.78. The Morgan fingerprint density at radius 3 is 2.64 bits per heavy atom. The van der Waals surface area contributed by atoms with Crippen LogP contribution in [0.5, 0.6) is 11.5 Å². The number of ketones is 1. The second-order valence-electron chi connectivity index (χ2n) is 5.19. The Labute approximate surface area is 132 Å². The zero-order valence-electron chi connectivity index (χ0n) is 12.4. The van der Waals surface area contributed by atoms with Crippen LogP contribution in [-0.2, 0) is 0 Å². The van der Waals surface area contributed by atoms with Crippen molar-refractivity contribution < 1.29 is 19.1 Å². The molecular weight excluding hydrogens is 300 g/mol. The summed E-state index contributed by atoms with van der Waals surface area (Å²) in [5.41, 5.74) is 1.97. The van der Waals surface area contributed by atoms with Crippen molar-refractivity contribution in [1.82, 2.24) is 0 Å². The minimum atomic E-state index is -0.412. The summed E-state index contributed by atoms with van der Waals surface area (Å²) in [6.07, 6.45) is 0. The molecule has 1 aromatic carbocycles. The molecule has 0 saturated carbocycles. The molecule has 0 saturated heterocycles. The highest BCUT2D eigenvalue weighted by Gasteiger charge is 2.31. The van der Waals surface area contributed by atoms with E-state index in [1.54, 1.807) is 31.2 Å². The van der Waals surface area contributed by atoms with Crippen LogP contribution in [0.3, 0.4) is 0 Å².